The zero-order valence-corrected chi connectivity index (χ0v) is 12.9. The number of nitrogens with zero attached hydrogens (tertiary/aromatic N) is 1. The summed E-state index contributed by atoms with van der Waals surface area (Å²) in [6.45, 7) is 2.50. The first kappa shape index (κ1) is 15.0. The minimum Gasteiger partial charge on any atom is -0.494 e. The maximum absolute atomic E-state index is 12.2. The van der Waals surface area contributed by atoms with Gasteiger partial charge in [0.2, 0.25) is 0 Å². The van der Waals surface area contributed by atoms with E-state index in [4.69, 9.17) is 9.47 Å². The normalized spacial score (nSPS) is 10.5. The summed E-state index contributed by atoms with van der Waals surface area (Å²) in [6, 6.07) is 16.6. The summed E-state index contributed by atoms with van der Waals surface area (Å²) in [5.74, 6) is 1.28. The van der Waals surface area contributed by atoms with Crippen LogP contribution in [0.25, 0.3) is 10.9 Å². The van der Waals surface area contributed by atoms with Crippen molar-refractivity contribution >= 4 is 16.7 Å². The van der Waals surface area contributed by atoms with Crippen LogP contribution >= 0.6 is 0 Å². The molecule has 1 aromatic heterocycles. The number of ether oxygens (including phenoxy) is 2. The standard InChI is InChI=1S/C19H17NO3/c1-2-22-16-10-8-14(9-11-16)17(21)13-23-18-7-3-5-15-6-4-12-20-19(15)18/h3-12H,2,13H2,1H3. The van der Waals surface area contributed by atoms with Gasteiger partial charge >= 0.3 is 0 Å². The fourth-order valence-corrected chi connectivity index (χ4v) is 2.32. The number of ketones is 1. The molecule has 3 rings (SSSR count). The Bertz CT molecular complexity index is 807. The molecule has 0 radical (unpaired) electrons. The highest BCUT2D eigenvalue weighted by Gasteiger charge is 2.09. The molecule has 0 N–H and O–H groups in total. The number of para-hydroxylation sites is 1. The summed E-state index contributed by atoms with van der Waals surface area (Å²) in [5, 5.41) is 0.985. The van der Waals surface area contributed by atoms with Gasteiger partial charge in [-0.15, -0.1) is 0 Å². The van der Waals surface area contributed by atoms with Gasteiger partial charge in [-0.2, -0.15) is 0 Å². The molecule has 0 aliphatic rings. The van der Waals surface area contributed by atoms with E-state index in [0.29, 0.717) is 17.9 Å². The fraction of sp³-hybridized carbons (Fsp3) is 0.158. The molecule has 0 bridgehead atoms. The van der Waals surface area contributed by atoms with Crippen molar-refractivity contribution in [2.24, 2.45) is 0 Å². The van der Waals surface area contributed by atoms with Crippen LogP contribution in [0, 0.1) is 0 Å². The van der Waals surface area contributed by atoms with Gasteiger partial charge in [0, 0.05) is 17.1 Å². The van der Waals surface area contributed by atoms with Crippen LogP contribution in [0.1, 0.15) is 17.3 Å². The second kappa shape index (κ2) is 6.92. The van der Waals surface area contributed by atoms with E-state index in [0.717, 1.165) is 16.7 Å². The first-order chi connectivity index (χ1) is 11.3. The van der Waals surface area contributed by atoms with Crippen LogP contribution in [-0.4, -0.2) is 24.0 Å². The van der Waals surface area contributed by atoms with Crippen molar-refractivity contribution < 1.29 is 14.3 Å². The van der Waals surface area contributed by atoms with Crippen LogP contribution in [0.5, 0.6) is 11.5 Å². The van der Waals surface area contributed by atoms with E-state index in [9.17, 15) is 4.79 Å². The number of aromatic nitrogens is 1. The van der Waals surface area contributed by atoms with Gasteiger partial charge in [0.15, 0.2) is 12.4 Å². The fourth-order valence-electron chi connectivity index (χ4n) is 2.32. The van der Waals surface area contributed by atoms with Gasteiger partial charge in [-0.05, 0) is 43.3 Å². The molecule has 0 spiro atoms. The number of pyridine rings is 1. The van der Waals surface area contributed by atoms with Crippen molar-refractivity contribution in [3.63, 3.8) is 0 Å². The summed E-state index contributed by atoms with van der Waals surface area (Å²) < 4.78 is 11.0. The second-order valence-electron chi connectivity index (χ2n) is 5.00. The minimum atomic E-state index is -0.0824. The van der Waals surface area contributed by atoms with Gasteiger partial charge in [-0.3, -0.25) is 9.78 Å². The van der Waals surface area contributed by atoms with E-state index in [-0.39, 0.29) is 12.4 Å². The lowest BCUT2D eigenvalue weighted by atomic mass is 10.1. The highest BCUT2D eigenvalue weighted by atomic mass is 16.5. The van der Waals surface area contributed by atoms with Crippen LogP contribution in [0.4, 0.5) is 0 Å². The van der Waals surface area contributed by atoms with E-state index >= 15 is 0 Å². The predicted octanol–water partition coefficient (Wildman–Crippen LogP) is 3.90. The minimum absolute atomic E-state index is 0.0241. The third-order valence-electron chi connectivity index (χ3n) is 3.44. The Morgan fingerprint density at radius 2 is 1.78 bits per heavy atom. The first-order valence-corrected chi connectivity index (χ1v) is 7.50. The summed E-state index contributed by atoms with van der Waals surface area (Å²) in [6.07, 6.45) is 1.71. The van der Waals surface area contributed by atoms with Crippen molar-refractivity contribution in [1.82, 2.24) is 4.98 Å². The molecule has 116 valence electrons. The van der Waals surface area contributed by atoms with E-state index in [1.165, 1.54) is 0 Å². The van der Waals surface area contributed by atoms with E-state index in [1.807, 2.05) is 37.3 Å². The Balaban J connectivity index is 1.70. The number of fused-ring (bicyclic) bond motifs is 1. The van der Waals surface area contributed by atoms with Crippen molar-refractivity contribution in [1.29, 1.82) is 0 Å². The number of Topliss-reactive ketones (excluding diaryl/α,β-unsaturated/α-hetero) is 1. The van der Waals surface area contributed by atoms with Crippen molar-refractivity contribution in [3.05, 3.63) is 66.4 Å². The SMILES string of the molecule is CCOc1ccc(C(=O)COc2cccc3cccnc23)cc1. The zero-order valence-electron chi connectivity index (χ0n) is 12.9. The van der Waals surface area contributed by atoms with Gasteiger partial charge in [-0.1, -0.05) is 18.2 Å². The third-order valence-corrected chi connectivity index (χ3v) is 3.44. The summed E-state index contributed by atoms with van der Waals surface area (Å²) in [4.78, 5) is 16.5. The Kier molecular flexibility index (Phi) is 4.52. The van der Waals surface area contributed by atoms with E-state index in [2.05, 4.69) is 4.98 Å². The molecule has 0 atom stereocenters. The Morgan fingerprint density at radius 3 is 2.57 bits per heavy atom. The molecule has 23 heavy (non-hydrogen) atoms. The topological polar surface area (TPSA) is 48.4 Å². The van der Waals surface area contributed by atoms with Gasteiger partial charge < -0.3 is 9.47 Å². The molecule has 0 aliphatic carbocycles. The van der Waals surface area contributed by atoms with Gasteiger partial charge in [0.25, 0.3) is 0 Å². The zero-order chi connectivity index (χ0) is 16.1. The molecule has 0 aliphatic heterocycles. The highest BCUT2D eigenvalue weighted by molar-refractivity contribution is 5.97. The number of carbonyl (C=O) groups is 1. The first-order valence-electron chi connectivity index (χ1n) is 7.50. The molecule has 4 nitrogen and oxygen atoms in total. The highest BCUT2D eigenvalue weighted by Crippen LogP contribution is 2.23. The van der Waals surface area contributed by atoms with Crippen LogP contribution in [0.3, 0.4) is 0 Å². The molecule has 0 unspecified atom stereocenters. The molecule has 1 heterocycles. The lowest BCUT2D eigenvalue weighted by Crippen LogP contribution is -2.11. The summed E-state index contributed by atoms with van der Waals surface area (Å²) >= 11 is 0. The van der Waals surface area contributed by atoms with Gasteiger partial charge in [-0.25, -0.2) is 0 Å². The van der Waals surface area contributed by atoms with Crippen molar-refractivity contribution in [2.45, 2.75) is 6.92 Å². The third kappa shape index (κ3) is 3.48. The number of carbonyl (C=O) groups excluding carboxylic acids is 1. The molecule has 3 aromatic rings. The molecular formula is C19H17NO3. The molecule has 0 fully saturated rings. The predicted molar refractivity (Wildman–Crippen MR) is 89.2 cm³/mol. The molecule has 0 saturated carbocycles. The monoisotopic (exact) mass is 307 g/mol. The van der Waals surface area contributed by atoms with E-state index in [1.54, 1.807) is 30.5 Å². The number of rotatable bonds is 6. The molecule has 4 heteroatoms. The molecule has 0 amide bonds. The van der Waals surface area contributed by atoms with Gasteiger partial charge in [0.05, 0.1) is 6.61 Å². The van der Waals surface area contributed by atoms with Gasteiger partial charge in [0.1, 0.15) is 17.0 Å². The van der Waals surface area contributed by atoms with Crippen molar-refractivity contribution in [3.8, 4) is 11.5 Å². The van der Waals surface area contributed by atoms with Crippen molar-refractivity contribution in [2.75, 3.05) is 13.2 Å². The Morgan fingerprint density at radius 1 is 1.00 bits per heavy atom. The number of benzene rings is 2. The van der Waals surface area contributed by atoms with E-state index < -0.39 is 0 Å². The molecule has 0 saturated heterocycles. The maximum Gasteiger partial charge on any atom is 0.200 e. The number of hydrogen-bond donors (Lipinski definition) is 0. The molecule has 2 aromatic carbocycles. The lowest BCUT2D eigenvalue weighted by molar-refractivity contribution is 0.0922. The van der Waals surface area contributed by atoms with Crippen LogP contribution < -0.4 is 9.47 Å². The Labute approximate surface area is 134 Å². The lowest BCUT2D eigenvalue weighted by Gasteiger charge is -2.08. The summed E-state index contributed by atoms with van der Waals surface area (Å²) in [5.41, 5.74) is 1.36. The van der Waals surface area contributed by atoms with Crippen LogP contribution in [0.15, 0.2) is 60.8 Å². The van der Waals surface area contributed by atoms with Crippen LogP contribution in [0.2, 0.25) is 0 Å². The molecular weight excluding hydrogens is 290 g/mol. The van der Waals surface area contributed by atoms with Crippen LogP contribution in [-0.2, 0) is 0 Å². The largest absolute Gasteiger partial charge is 0.494 e. The average Bonchev–Trinajstić information content (AvgIpc) is 2.60. The number of hydrogen-bond acceptors (Lipinski definition) is 4. The second-order valence-corrected chi connectivity index (χ2v) is 5.00. The quantitative estimate of drug-likeness (QED) is 0.648. The average molecular weight is 307 g/mol. The summed E-state index contributed by atoms with van der Waals surface area (Å²) in [7, 11) is 0. The smallest absolute Gasteiger partial charge is 0.200 e. The maximum atomic E-state index is 12.2. The Hall–Kier alpha value is -2.88.